The SMILES string of the molecule is CCNCC(C)(O)COc1c(C)cccc1C. The maximum Gasteiger partial charge on any atom is 0.125 e. The van der Waals surface area contributed by atoms with Crippen LogP contribution >= 0.6 is 0 Å². The lowest BCUT2D eigenvalue weighted by atomic mass is 10.1. The van der Waals surface area contributed by atoms with E-state index in [9.17, 15) is 5.11 Å². The third-order valence-electron chi connectivity index (χ3n) is 2.69. The fraction of sp³-hybridized carbons (Fsp3) is 0.571. The molecule has 17 heavy (non-hydrogen) atoms. The minimum absolute atomic E-state index is 0.297. The van der Waals surface area contributed by atoms with E-state index in [2.05, 4.69) is 5.32 Å². The first-order chi connectivity index (χ1) is 7.96. The van der Waals surface area contributed by atoms with Gasteiger partial charge in [0.1, 0.15) is 18.0 Å². The molecule has 1 aromatic rings. The largest absolute Gasteiger partial charge is 0.490 e. The molecule has 96 valence electrons. The van der Waals surface area contributed by atoms with Gasteiger partial charge in [0.15, 0.2) is 0 Å². The Kier molecular flexibility index (Phi) is 4.97. The molecule has 0 fully saturated rings. The summed E-state index contributed by atoms with van der Waals surface area (Å²) in [5.41, 5.74) is 1.36. The van der Waals surface area contributed by atoms with Crippen LogP contribution in [0, 0.1) is 13.8 Å². The molecular weight excluding hydrogens is 214 g/mol. The molecule has 1 aromatic carbocycles. The average molecular weight is 237 g/mol. The Hall–Kier alpha value is -1.06. The quantitative estimate of drug-likeness (QED) is 0.795. The van der Waals surface area contributed by atoms with Gasteiger partial charge in [0, 0.05) is 6.54 Å². The zero-order chi connectivity index (χ0) is 12.9. The van der Waals surface area contributed by atoms with Crippen molar-refractivity contribution in [3.05, 3.63) is 29.3 Å². The van der Waals surface area contributed by atoms with E-state index in [1.807, 2.05) is 39.0 Å². The van der Waals surface area contributed by atoms with E-state index in [1.54, 1.807) is 6.92 Å². The van der Waals surface area contributed by atoms with Crippen molar-refractivity contribution >= 4 is 0 Å². The number of likely N-dealkylation sites (N-methyl/N-ethyl adjacent to an activating group) is 1. The summed E-state index contributed by atoms with van der Waals surface area (Å²) in [6.45, 7) is 9.51. The number of ether oxygens (including phenoxy) is 1. The van der Waals surface area contributed by atoms with Gasteiger partial charge < -0.3 is 15.2 Å². The van der Waals surface area contributed by atoms with Crippen LogP contribution in [0.3, 0.4) is 0 Å². The van der Waals surface area contributed by atoms with Crippen LogP contribution in [0.2, 0.25) is 0 Å². The Morgan fingerprint density at radius 2 is 1.88 bits per heavy atom. The van der Waals surface area contributed by atoms with Crippen molar-refractivity contribution in [2.45, 2.75) is 33.3 Å². The average Bonchev–Trinajstić information content (AvgIpc) is 2.26. The van der Waals surface area contributed by atoms with Crippen LogP contribution in [0.25, 0.3) is 0 Å². The summed E-state index contributed by atoms with van der Waals surface area (Å²) in [6.07, 6.45) is 0. The highest BCUT2D eigenvalue weighted by Crippen LogP contribution is 2.23. The molecule has 1 rings (SSSR count). The smallest absolute Gasteiger partial charge is 0.125 e. The number of aliphatic hydroxyl groups is 1. The molecule has 0 spiro atoms. The summed E-state index contributed by atoms with van der Waals surface area (Å²) in [5, 5.41) is 13.2. The molecule has 0 aliphatic heterocycles. The van der Waals surface area contributed by atoms with Gasteiger partial charge in [-0.15, -0.1) is 0 Å². The lowest BCUT2D eigenvalue weighted by Crippen LogP contribution is -2.42. The van der Waals surface area contributed by atoms with Gasteiger partial charge in [-0.05, 0) is 38.4 Å². The second kappa shape index (κ2) is 6.03. The van der Waals surface area contributed by atoms with Crippen LogP contribution in [0.15, 0.2) is 18.2 Å². The third kappa shape index (κ3) is 4.36. The minimum atomic E-state index is -0.843. The van der Waals surface area contributed by atoms with Crippen molar-refractivity contribution < 1.29 is 9.84 Å². The highest BCUT2D eigenvalue weighted by molar-refractivity contribution is 5.39. The molecule has 0 aromatic heterocycles. The maximum absolute atomic E-state index is 10.1. The number of hydrogen-bond donors (Lipinski definition) is 2. The summed E-state index contributed by atoms with van der Waals surface area (Å²) in [7, 11) is 0. The molecule has 0 bridgehead atoms. The van der Waals surface area contributed by atoms with E-state index in [1.165, 1.54) is 0 Å². The second-order valence-electron chi connectivity index (χ2n) is 4.79. The number of hydrogen-bond acceptors (Lipinski definition) is 3. The number of benzene rings is 1. The van der Waals surface area contributed by atoms with Crippen molar-refractivity contribution in [2.24, 2.45) is 0 Å². The van der Waals surface area contributed by atoms with E-state index < -0.39 is 5.60 Å². The molecule has 1 atom stereocenters. The van der Waals surface area contributed by atoms with Crippen molar-refractivity contribution in [1.29, 1.82) is 0 Å². The molecule has 1 unspecified atom stereocenters. The topological polar surface area (TPSA) is 41.5 Å². The molecule has 0 aliphatic carbocycles. The van der Waals surface area contributed by atoms with E-state index in [0.29, 0.717) is 13.2 Å². The van der Waals surface area contributed by atoms with Crippen LogP contribution in [-0.4, -0.2) is 30.4 Å². The van der Waals surface area contributed by atoms with Crippen LogP contribution in [0.1, 0.15) is 25.0 Å². The highest BCUT2D eigenvalue weighted by Gasteiger charge is 2.21. The minimum Gasteiger partial charge on any atom is -0.490 e. The molecule has 0 heterocycles. The third-order valence-corrected chi connectivity index (χ3v) is 2.69. The summed E-state index contributed by atoms with van der Waals surface area (Å²) >= 11 is 0. The van der Waals surface area contributed by atoms with Crippen LogP contribution in [0.5, 0.6) is 5.75 Å². The highest BCUT2D eigenvalue weighted by atomic mass is 16.5. The summed E-state index contributed by atoms with van der Waals surface area (Å²) < 4.78 is 5.74. The predicted molar refractivity (Wildman–Crippen MR) is 70.6 cm³/mol. The van der Waals surface area contributed by atoms with Gasteiger partial charge in [-0.3, -0.25) is 0 Å². The normalized spacial score (nSPS) is 14.4. The van der Waals surface area contributed by atoms with Gasteiger partial charge in [0.05, 0.1) is 0 Å². The predicted octanol–water partition coefficient (Wildman–Crippen LogP) is 2.04. The Morgan fingerprint density at radius 3 is 2.41 bits per heavy atom. The fourth-order valence-corrected chi connectivity index (χ4v) is 1.70. The number of para-hydroxylation sites is 1. The molecule has 0 saturated heterocycles. The van der Waals surface area contributed by atoms with Gasteiger partial charge in [0.2, 0.25) is 0 Å². The number of aryl methyl sites for hydroxylation is 2. The molecule has 0 radical (unpaired) electrons. The van der Waals surface area contributed by atoms with Crippen molar-refractivity contribution in [3.8, 4) is 5.75 Å². The van der Waals surface area contributed by atoms with E-state index in [4.69, 9.17) is 4.74 Å². The Bertz CT molecular complexity index is 341. The van der Waals surface area contributed by atoms with Gasteiger partial charge in [-0.1, -0.05) is 25.1 Å². The van der Waals surface area contributed by atoms with Crippen molar-refractivity contribution in [2.75, 3.05) is 19.7 Å². The first-order valence-corrected chi connectivity index (χ1v) is 6.08. The Balaban J connectivity index is 2.60. The molecule has 3 heteroatoms. The summed E-state index contributed by atoms with van der Waals surface area (Å²) in [4.78, 5) is 0. The van der Waals surface area contributed by atoms with Gasteiger partial charge in [-0.2, -0.15) is 0 Å². The fourth-order valence-electron chi connectivity index (χ4n) is 1.70. The number of nitrogens with one attached hydrogen (secondary N) is 1. The van der Waals surface area contributed by atoms with Crippen LogP contribution in [0.4, 0.5) is 0 Å². The molecule has 3 nitrogen and oxygen atoms in total. The number of rotatable bonds is 6. The first kappa shape index (κ1) is 14.0. The molecule has 2 N–H and O–H groups in total. The van der Waals surface area contributed by atoms with E-state index >= 15 is 0 Å². The lowest BCUT2D eigenvalue weighted by molar-refractivity contribution is 0.0123. The molecule has 0 aliphatic rings. The van der Waals surface area contributed by atoms with Crippen LogP contribution < -0.4 is 10.1 Å². The van der Waals surface area contributed by atoms with Crippen molar-refractivity contribution in [1.82, 2.24) is 5.32 Å². The van der Waals surface area contributed by atoms with Crippen LogP contribution in [-0.2, 0) is 0 Å². The van der Waals surface area contributed by atoms with E-state index in [-0.39, 0.29) is 0 Å². The zero-order valence-electron chi connectivity index (χ0n) is 11.2. The molecule has 0 saturated carbocycles. The van der Waals surface area contributed by atoms with Crippen molar-refractivity contribution in [3.63, 3.8) is 0 Å². The van der Waals surface area contributed by atoms with E-state index in [0.717, 1.165) is 23.4 Å². The standard InChI is InChI=1S/C14H23NO2/c1-5-15-9-14(4,16)10-17-13-11(2)7-6-8-12(13)3/h6-8,15-16H,5,9-10H2,1-4H3. The summed E-state index contributed by atoms with van der Waals surface area (Å²) in [5.74, 6) is 0.879. The molecule has 0 amide bonds. The monoisotopic (exact) mass is 237 g/mol. The second-order valence-corrected chi connectivity index (χ2v) is 4.79. The van der Waals surface area contributed by atoms with Gasteiger partial charge in [0.25, 0.3) is 0 Å². The zero-order valence-corrected chi connectivity index (χ0v) is 11.2. The van der Waals surface area contributed by atoms with Gasteiger partial charge in [-0.25, -0.2) is 0 Å². The first-order valence-electron chi connectivity index (χ1n) is 6.08. The Labute approximate surface area is 104 Å². The molecular formula is C14H23NO2. The maximum atomic E-state index is 10.1. The summed E-state index contributed by atoms with van der Waals surface area (Å²) in [6, 6.07) is 6.04. The van der Waals surface area contributed by atoms with Gasteiger partial charge >= 0.3 is 0 Å². The Morgan fingerprint density at radius 1 is 1.29 bits per heavy atom. The lowest BCUT2D eigenvalue weighted by Gasteiger charge is -2.24.